The van der Waals surface area contributed by atoms with Gasteiger partial charge in [-0.05, 0) is 33.2 Å². The first-order valence-corrected chi connectivity index (χ1v) is 9.31. The van der Waals surface area contributed by atoms with Crippen LogP contribution in [0.5, 0.6) is 5.88 Å². The molecule has 6 nitrogen and oxygen atoms in total. The van der Waals surface area contributed by atoms with E-state index < -0.39 is 0 Å². The lowest BCUT2D eigenvalue weighted by Crippen LogP contribution is -2.28. The van der Waals surface area contributed by atoms with Crippen molar-refractivity contribution >= 4 is 17.2 Å². The lowest BCUT2D eigenvalue weighted by atomic mass is 10.1. The van der Waals surface area contributed by atoms with Crippen molar-refractivity contribution in [2.24, 2.45) is 5.92 Å². The minimum absolute atomic E-state index is 0.626. The van der Waals surface area contributed by atoms with Gasteiger partial charge in [-0.1, -0.05) is 0 Å². The topological polar surface area (TPSA) is 54.4 Å². The summed E-state index contributed by atoms with van der Waals surface area (Å²) >= 11 is 1.75. The molecule has 0 N–H and O–H groups in total. The number of hydrogen-bond acceptors (Lipinski definition) is 7. The number of rotatable bonds is 7. The Balaban J connectivity index is 1.53. The van der Waals surface area contributed by atoms with E-state index in [1.54, 1.807) is 17.7 Å². The number of hydrogen-bond donors (Lipinski definition) is 0. The van der Waals surface area contributed by atoms with Crippen molar-refractivity contribution < 1.29 is 4.74 Å². The lowest BCUT2D eigenvalue weighted by Gasteiger charge is -2.21. The molecule has 3 heterocycles. The van der Waals surface area contributed by atoms with Gasteiger partial charge in [-0.15, -0.1) is 11.3 Å². The molecular formula is C17H25N5OS. The third-order valence-electron chi connectivity index (χ3n) is 4.36. The highest BCUT2D eigenvalue weighted by Gasteiger charge is 2.25. The summed E-state index contributed by atoms with van der Waals surface area (Å²) in [6.45, 7) is 8.83. The van der Waals surface area contributed by atoms with Crippen LogP contribution in [0.1, 0.15) is 23.9 Å². The van der Waals surface area contributed by atoms with Gasteiger partial charge in [0.2, 0.25) is 5.88 Å². The van der Waals surface area contributed by atoms with E-state index >= 15 is 0 Å². The monoisotopic (exact) mass is 347 g/mol. The first-order valence-electron chi connectivity index (χ1n) is 8.43. The Labute approximate surface area is 147 Å². The highest BCUT2D eigenvalue weighted by molar-refractivity contribution is 7.09. The van der Waals surface area contributed by atoms with Crippen LogP contribution in [0.3, 0.4) is 0 Å². The highest BCUT2D eigenvalue weighted by atomic mass is 32.1. The number of anilines is 1. The summed E-state index contributed by atoms with van der Waals surface area (Å²) in [6.07, 6.45) is 2.78. The fourth-order valence-corrected chi connectivity index (χ4v) is 4.00. The number of aromatic nitrogens is 3. The fraction of sp³-hybridized carbons (Fsp3) is 0.588. The molecule has 1 aliphatic heterocycles. The highest BCUT2D eigenvalue weighted by Crippen LogP contribution is 2.25. The second-order valence-corrected chi connectivity index (χ2v) is 7.25. The van der Waals surface area contributed by atoms with Crippen molar-refractivity contribution in [1.29, 1.82) is 0 Å². The second kappa shape index (κ2) is 7.90. The normalized spacial score (nSPS) is 17.7. The average molecular weight is 347 g/mol. The molecule has 0 amide bonds. The summed E-state index contributed by atoms with van der Waals surface area (Å²) in [5, 5.41) is 0. The third kappa shape index (κ3) is 4.21. The molecule has 2 aromatic rings. The van der Waals surface area contributed by atoms with Crippen LogP contribution in [0.4, 0.5) is 5.82 Å². The molecule has 3 rings (SSSR count). The Hall–Kier alpha value is -1.73. The first-order chi connectivity index (χ1) is 11.7. The van der Waals surface area contributed by atoms with E-state index in [1.165, 1.54) is 11.3 Å². The van der Waals surface area contributed by atoms with Crippen LogP contribution in [0.25, 0.3) is 0 Å². The van der Waals surface area contributed by atoms with Crippen LogP contribution in [-0.4, -0.2) is 53.1 Å². The van der Waals surface area contributed by atoms with Crippen LogP contribution in [0.15, 0.2) is 17.9 Å². The Morgan fingerprint density at radius 1 is 1.38 bits per heavy atom. The zero-order valence-corrected chi connectivity index (χ0v) is 15.4. The molecule has 0 radical (unpaired) electrons. The molecule has 24 heavy (non-hydrogen) atoms. The Bertz CT molecular complexity index is 662. The van der Waals surface area contributed by atoms with Crippen molar-refractivity contribution in [2.45, 2.75) is 26.8 Å². The molecule has 2 aromatic heterocycles. The van der Waals surface area contributed by atoms with Crippen molar-refractivity contribution in [3.8, 4) is 5.88 Å². The van der Waals surface area contributed by atoms with Gasteiger partial charge in [0.1, 0.15) is 12.1 Å². The zero-order valence-electron chi connectivity index (χ0n) is 14.6. The van der Waals surface area contributed by atoms with Crippen molar-refractivity contribution in [3.05, 3.63) is 28.5 Å². The summed E-state index contributed by atoms with van der Waals surface area (Å²) in [6, 6.07) is 1.94. The van der Waals surface area contributed by atoms with E-state index in [-0.39, 0.29) is 0 Å². The summed E-state index contributed by atoms with van der Waals surface area (Å²) in [5.74, 6) is 2.29. The molecule has 7 heteroatoms. The molecule has 0 aliphatic carbocycles. The third-order valence-corrected chi connectivity index (χ3v) is 5.28. The minimum atomic E-state index is 0.626. The quantitative estimate of drug-likeness (QED) is 0.767. The minimum Gasteiger partial charge on any atom is -0.478 e. The van der Waals surface area contributed by atoms with Crippen molar-refractivity contribution in [2.75, 3.05) is 38.2 Å². The molecule has 1 atom stereocenters. The molecule has 1 fully saturated rings. The standard InChI is InChI=1S/C17H25N5OS/c1-4-23-17-7-16(18-11-19-17)22-6-5-14(9-22)8-21(3)10-15-13(2)20-12-24-15/h7,11-12,14H,4-6,8-10H2,1-3H3/t14-/m0/s1. The van der Waals surface area contributed by atoms with E-state index in [2.05, 4.69) is 38.7 Å². The smallest absolute Gasteiger partial charge is 0.218 e. The maximum atomic E-state index is 5.48. The van der Waals surface area contributed by atoms with Crippen LogP contribution in [0, 0.1) is 12.8 Å². The van der Waals surface area contributed by atoms with Gasteiger partial charge in [-0.2, -0.15) is 0 Å². The van der Waals surface area contributed by atoms with Gasteiger partial charge < -0.3 is 14.5 Å². The van der Waals surface area contributed by atoms with Gasteiger partial charge in [-0.3, -0.25) is 0 Å². The van der Waals surface area contributed by atoms with Gasteiger partial charge in [-0.25, -0.2) is 15.0 Å². The van der Waals surface area contributed by atoms with Crippen molar-refractivity contribution in [3.63, 3.8) is 0 Å². The predicted octanol–water partition coefficient (Wildman–Crippen LogP) is 2.60. The zero-order chi connectivity index (χ0) is 16.9. The molecule has 1 saturated heterocycles. The van der Waals surface area contributed by atoms with E-state index in [9.17, 15) is 0 Å². The predicted molar refractivity (Wildman–Crippen MR) is 96.7 cm³/mol. The largest absolute Gasteiger partial charge is 0.478 e. The van der Waals surface area contributed by atoms with Gasteiger partial charge in [0, 0.05) is 37.1 Å². The van der Waals surface area contributed by atoms with Crippen molar-refractivity contribution in [1.82, 2.24) is 19.9 Å². The van der Waals surface area contributed by atoms with Crippen LogP contribution < -0.4 is 9.64 Å². The molecule has 0 bridgehead atoms. The molecular weight excluding hydrogens is 322 g/mol. The SMILES string of the molecule is CCOc1cc(N2CC[C@@H](CN(C)Cc3scnc3C)C2)ncn1. The lowest BCUT2D eigenvalue weighted by molar-refractivity contribution is 0.281. The summed E-state index contributed by atoms with van der Waals surface area (Å²) < 4.78 is 5.48. The number of aryl methyl sites for hydroxylation is 1. The van der Waals surface area contributed by atoms with E-state index in [1.807, 2.05) is 18.5 Å². The van der Waals surface area contributed by atoms with E-state index in [0.717, 1.165) is 37.7 Å². The molecule has 0 aromatic carbocycles. The molecule has 0 spiro atoms. The van der Waals surface area contributed by atoms with Gasteiger partial charge in [0.25, 0.3) is 0 Å². The van der Waals surface area contributed by atoms with Crippen LogP contribution in [-0.2, 0) is 6.54 Å². The first kappa shape index (κ1) is 17.1. The van der Waals surface area contributed by atoms with Gasteiger partial charge in [0.05, 0.1) is 17.8 Å². The summed E-state index contributed by atoms with van der Waals surface area (Å²) in [7, 11) is 2.19. The van der Waals surface area contributed by atoms with Gasteiger partial charge in [0.15, 0.2) is 0 Å². The van der Waals surface area contributed by atoms with Gasteiger partial charge >= 0.3 is 0 Å². The average Bonchev–Trinajstić information content (AvgIpc) is 3.18. The summed E-state index contributed by atoms with van der Waals surface area (Å²) in [4.78, 5) is 19.0. The number of ether oxygens (including phenoxy) is 1. The summed E-state index contributed by atoms with van der Waals surface area (Å²) in [5.41, 5.74) is 3.09. The van der Waals surface area contributed by atoms with E-state index in [0.29, 0.717) is 18.4 Å². The molecule has 0 unspecified atom stereocenters. The van der Waals surface area contributed by atoms with Crippen LogP contribution in [0.2, 0.25) is 0 Å². The number of thiazole rings is 1. The maximum absolute atomic E-state index is 5.48. The Morgan fingerprint density at radius 2 is 2.25 bits per heavy atom. The fourth-order valence-electron chi connectivity index (χ4n) is 3.15. The molecule has 0 saturated carbocycles. The number of nitrogens with zero attached hydrogens (tertiary/aromatic N) is 5. The Kier molecular flexibility index (Phi) is 5.63. The van der Waals surface area contributed by atoms with Crippen LogP contribution >= 0.6 is 11.3 Å². The van der Waals surface area contributed by atoms with E-state index in [4.69, 9.17) is 4.74 Å². The Morgan fingerprint density at radius 3 is 3.00 bits per heavy atom. The molecule has 130 valence electrons. The molecule has 1 aliphatic rings. The second-order valence-electron chi connectivity index (χ2n) is 6.31. The maximum Gasteiger partial charge on any atom is 0.218 e.